The number of non-ortho nitro benzene ring substituents is 1. The Morgan fingerprint density at radius 2 is 2.04 bits per heavy atom. The summed E-state index contributed by atoms with van der Waals surface area (Å²) >= 11 is 1.39. The Hall–Kier alpha value is -1.95. The quantitative estimate of drug-likeness (QED) is 0.350. The SMILES string of the molecule is O=[N+]([O-])c1ccc2c3c1cc(OS(=O)(=O)C(F)(F)F)n3CCCS2. The van der Waals surface area contributed by atoms with E-state index in [1.54, 1.807) is 0 Å². The number of halogens is 3. The summed E-state index contributed by atoms with van der Waals surface area (Å²) in [4.78, 5) is 11.1. The molecule has 1 aromatic heterocycles. The first-order valence-corrected chi connectivity index (χ1v) is 8.95. The molecule has 24 heavy (non-hydrogen) atoms. The molecule has 2 aromatic rings. The Bertz CT molecular complexity index is 936. The lowest BCUT2D eigenvalue weighted by Crippen LogP contribution is -2.28. The normalized spacial score (nSPS) is 15.3. The fourth-order valence-electron chi connectivity index (χ4n) is 2.44. The van der Waals surface area contributed by atoms with Crippen LogP contribution in [-0.4, -0.2) is 29.2 Å². The van der Waals surface area contributed by atoms with Gasteiger partial charge in [-0.15, -0.1) is 11.8 Å². The highest BCUT2D eigenvalue weighted by Crippen LogP contribution is 2.41. The molecule has 0 amide bonds. The summed E-state index contributed by atoms with van der Waals surface area (Å²) in [5.74, 6) is 0.0560. The molecule has 1 aliphatic heterocycles. The maximum Gasteiger partial charge on any atom is 0.534 e. The van der Waals surface area contributed by atoms with E-state index in [9.17, 15) is 31.7 Å². The monoisotopic (exact) mass is 382 g/mol. The number of benzene rings is 1. The van der Waals surface area contributed by atoms with Crippen molar-refractivity contribution in [2.45, 2.75) is 23.4 Å². The van der Waals surface area contributed by atoms with E-state index in [0.29, 0.717) is 22.6 Å². The van der Waals surface area contributed by atoms with Crippen molar-refractivity contribution in [3.05, 3.63) is 28.3 Å². The van der Waals surface area contributed by atoms with Gasteiger partial charge in [0.2, 0.25) is 5.88 Å². The van der Waals surface area contributed by atoms with Crippen molar-refractivity contribution in [2.24, 2.45) is 0 Å². The number of alkyl halides is 3. The van der Waals surface area contributed by atoms with Crippen LogP contribution in [0.15, 0.2) is 23.1 Å². The summed E-state index contributed by atoms with van der Waals surface area (Å²) in [5, 5.41) is 11.2. The fourth-order valence-corrected chi connectivity index (χ4v) is 3.91. The second kappa shape index (κ2) is 5.55. The Morgan fingerprint density at radius 1 is 1.33 bits per heavy atom. The lowest BCUT2D eigenvalue weighted by Gasteiger charge is -2.12. The van der Waals surface area contributed by atoms with E-state index in [-0.39, 0.29) is 17.6 Å². The molecule has 0 unspecified atom stereocenters. The van der Waals surface area contributed by atoms with Gasteiger partial charge in [-0.05, 0) is 18.2 Å². The van der Waals surface area contributed by atoms with Crippen LogP contribution in [0.3, 0.4) is 0 Å². The molecule has 130 valence electrons. The molecule has 0 atom stereocenters. The molecule has 3 rings (SSSR count). The first-order chi connectivity index (χ1) is 11.1. The molecule has 7 nitrogen and oxygen atoms in total. The summed E-state index contributed by atoms with van der Waals surface area (Å²) in [7, 11) is -5.86. The average molecular weight is 382 g/mol. The van der Waals surface area contributed by atoms with Crippen LogP contribution in [-0.2, 0) is 16.7 Å². The Balaban J connectivity index is 2.25. The van der Waals surface area contributed by atoms with Crippen molar-refractivity contribution < 1.29 is 30.7 Å². The number of hydrogen-bond donors (Lipinski definition) is 0. The van der Waals surface area contributed by atoms with Crippen molar-refractivity contribution in [1.29, 1.82) is 0 Å². The minimum absolute atomic E-state index is 0.0410. The highest BCUT2D eigenvalue weighted by Gasteiger charge is 2.49. The van der Waals surface area contributed by atoms with Crippen molar-refractivity contribution in [2.75, 3.05) is 5.75 Å². The van der Waals surface area contributed by atoms with E-state index >= 15 is 0 Å². The van der Waals surface area contributed by atoms with Crippen LogP contribution >= 0.6 is 11.8 Å². The van der Waals surface area contributed by atoms with Gasteiger partial charge in [0.25, 0.3) is 5.69 Å². The van der Waals surface area contributed by atoms with Gasteiger partial charge >= 0.3 is 15.6 Å². The number of nitro benzene ring substituents is 1. The topological polar surface area (TPSA) is 91.4 Å². The zero-order valence-electron chi connectivity index (χ0n) is 11.7. The number of nitrogens with zero attached hydrogens (tertiary/aromatic N) is 2. The Labute approximate surface area is 137 Å². The Kier molecular flexibility index (Phi) is 3.91. The zero-order valence-corrected chi connectivity index (χ0v) is 13.4. The van der Waals surface area contributed by atoms with Crippen LogP contribution in [0.1, 0.15) is 6.42 Å². The van der Waals surface area contributed by atoms with Crippen LogP contribution in [0.2, 0.25) is 0 Å². The summed E-state index contributed by atoms with van der Waals surface area (Å²) in [6.45, 7) is 0.188. The van der Waals surface area contributed by atoms with Crippen LogP contribution in [0, 0.1) is 10.1 Å². The molecule has 0 saturated heterocycles. The fraction of sp³-hybridized carbons (Fsp3) is 0.333. The van der Waals surface area contributed by atoms with Gasteiger partial charge in [0.05, 0.1) is 15.8 Å². The minimum Gasteiger partial charge on any atom is -0.357 e. The molecule has 0 spiro atoms. The molecule has 0 fully saturated rings. The number of aryl methyl sites for hydroxylation is 1. The molecular weight excluding hydrogens is 373 g/mol. The largest absolute Gasteiger partial charge is 0.534 e. The standard InChI is InChI=1S/C12H9F3N2O5S2/c13-12(14,15)24(20,21)22-10-6-7-8(17(18)19)2-3-9-11(7)16(10)4-1-5-23-9/h2-3,6H,1,4-5H2. The molecule has 12 heteroatoms. The number of aromatic nitrogens is 1. The third kappa shape index (κ3) is 2.69. The van der Waals surface area contributed by atoms with E-state index in [1.165, 1.54) is 28.5 Å². The maximum atomic E-state index is 12.6. The summed E-state index contributed by atoms with van der Waals surface area (Å²) in [6, 6.07) is 3.70. The number of rotatable bonds is 3. The zero-order chi connectivity index (χ0) is 17.7. The van der Waals surface area contributed by atoms with Gasteiger partial charge in [-0.2, -0.15) is 21.6 Å². The third-order valence-electron chi connectivity index (χ3n) is 3.42. The maximum absolute atomic E-state index is 12.6. The van der Waals surface area contributed by atoms with E-state index in [2.05, 4.69) is 4.18 Å². The van der Waals surface area contributed by atoms with Crippen LogP contribution in [0.25, 0.3) is 10.9 Å². The summed E-state index contributed by atoms with van der Waals surface area (Å²) in [6.07, 6.45) is 0.541. The predicted octanol–water partition coefficient (Wildman–Crippen LogP) is 3.27. The Morgan fingerprint density at radius 3 is 2.67 bits per heavy atom. The van der Waals surface area contributed by atoms with Crippen molar-refractivity contribution in [3.8, 4) is 5.88 Å². The molecule has 2 heterocycles. The van der Waals surface area contributed by atoms with Gasteiger partial charge in [0.1, 0.15) is 0 Å². The van der Waals surface area contributed by atoms with E-state index < -0.39 is 26.4 Å². The molecule has 1 aromatic carbocycles. The van der Waals surface area contributed by atoms with Crippen molar-refractivity contribution in [1.82, 2.24) is 4.57 Å². The van der Waals surface area contributed by atoms with Crippen molar-refractivity contribution >= 4 is 38.5 Å². The molecule has 0 saturated carbocycles. The summed E-state index contributed by atoms with van der Waals surface area (Å²) in [5.41, 5.74) is -5.61. The van der Waals surface area contributed by atoms with Gasteiger partial charge in [-0.3, -0.25) is 10.1 Å². The highest BCUT2D eigenvalue weighted by molar-refractivity contribution is 7.99. The van der Waals surface area contributed by atoms with Gasteiger partial charge in [-0.25, -0.2) is 0 Å². The predicted molar refractivity (Wildman–Crippen MR) is 79.5 cm³/mol. The molecule has 0 N–H and O–H groups in total. The second-order valence-corrected chi connectivity index (χ2v) is 7.60. The lowest BCUT2D eigenvalue weighted by atomic mass is 10.2. The minimum atomic E-state index is -5.86. The third-order valence-corrected chi connectivity index (χ3v) is 5.51. The molecule has 0 radical (unpaired) electrons. The molecule has 0 aliphatic carbocycles. The summed E-state index contributed by atoms with van der Waals surface area (Å²) < 4.78 is 65.7. The van der Waals surface area contributed by atoms with Crippen LogP contribution in [0.5, 0.6) is 5.88 Å². The van der Waals surface area contributed by atoms with Crippen LogP contribution < -0.4 is 4.18 Å². The first kappa shape index (κ1) is 16.9. The number of thioether (sulfide) groups is 1. The smallest absolute Gasteiger partial charge is 0.357 e. The van der Waals surface area contributed by atoms with Gasteiger partial charge in [0.15, 0.2) is 0 Å². The number of nitro groups is 1. The highest BCUT2D eigenvalue weighted by atomic mass is 32.2. The second-order valence-electron chi connectivity index (χ2n) is 4.92. The first-order valence-electron chi connectivity index (χ1n) is 6.56. The molecule has 1 aliphatic rings. The lowest BCUT2D eigenvalue weighted by molar-refractivity contribution is -0.383. The number of hydrogen-bond acceptors (Lipinski definition) is 6. The van der Waals surface area contributed by atoms with Gasteiger partial charge in [0, 0.05) is 23.6 Å². The average Bonchev–Trinajstić information content (AvgIpc) is 2.66. The molecular formula is C12H9F3N2O5S2. The van der Waals surface area contributed by atoms with E-state index in [1.807, 2.05) is 0 Å². The van der Waals surface area contributed by atoms with E-state index in [4.69, 9.17) is 0 Å². The molecule has 0 bridgehead atoms. The van der Waals surface area contributed by atoms with Gasteiger partial charge in [-0.1, -0.05) is 0 Å². The van der Waals surface area contributed by atoms with Gasteiger partial charge < -0.3 is 8.75 Å². The van der Waals surface area contributed by atoms with Crippen molar-refractivity contribution in [3.63, 3.8) is 0 Å². The van der Waals surface area contributed by atoms with E-state index in [0.717, 1.165) is 6.07 Å². The van der Waals surface area contributed by atoms with Crippen LogP contribution in [0.4, 0.5) is 18.9 Å².